The van der Waals surface area contributed by atoms with Crippen LogP contribution in [0.3, 0.4) is 0 Å². The summed E-state index contributed by atoms with van der Waals surface area (Å²) >= 11 is 0. The van der Waals surface area contributed by atoms with E-state index >= 15 is 0 Å². The molecule has 2 rings (SSSR count). The molecule has 0 aromatic carbocycles. The van der Waals surface area contributed by atoms with Crippen LogP contribution in [0.5, 0.6) is 0 Å². The SMILES string of the molecule is O=c1ncccn1CC1CCC1. The Morgan fingerprint density at radius 1 is 1.58 bits per heavy atom. The number of hydrogen-bond donors (Lipinski definition) is 0. The molecule has 0 N–H and O–H groups in total. The molecule has 1 saturated carbocycles. The maximum absolute atomic E-state index is 11.1. The molecule has 0 spiro atoms. The van der Waals surface area contributed by atoms with Crippen LogP contribution in [0.4, 0.5) is 0 Å². The molecule has 12 heavy (non-hydrogen) atoms. The average Bonchev–Trinajstić information content (AvgIpc) is 2.00. The predicted molar refractivity (Wildman–Crippen MR) is 45.8 cm³/mol. The van der Waals surface area contributed by atoms with Crippen LogP contribution in [0.2, 0.25) is 0 Å². The highest BCUT2D eigenvalue weighted by atomic mass is 16.1. The molecule has 0 bridgehead atoms. The quantitative estimate of drug-likeness (QED) is 0.654. The fraction of sp³-hybridized carbons (Fsp3) is 0.556. The monoisotopic (exact) mass is 164 g/mol. The molecule has 0 atom stereocenters. The molecule has 0 unspecified atom stereocenters. The molecule has 1 heterocycles. The molecule has 1 fully saturated rings. The van der Waals surface area contributed by atoms with E-state index in [2.05, 4.69) is 4.98 Å². The van der Waals surface area contributed by atoms with Gasteiger partial charge in [-0.25, -0.2) is 9.78 Å². The lowest BCUT2D eigenvalue weighted by molar-refractivity contribution is 0.272. The van der Waals surface area contributed by atoms with Crippen molar-refractivity contribution >= 4 is 0 Å². The smallest absolute Gasteiger partial charge is 0.299 e. The molecule has 0 amide bonds. The van der Waals surface area contributed by atoms with E-state index in [-0.39, 0.29) is 5.69 Å². The van der Waals surface area contributed by atoms with Crippen molar-refractivity contribution in [3.05, 3.63) is 28.9 Å². The Kier molecular flexibility index (Phi) is 1.94. The van der Waals surface area contributed by atoms with E-state index < -0.39 is 0 Å². The van der Waals surface area contributed by atoms with Crippen LogP contribution < -0.4 is 5.69 Å². The summed E-state index contributed by atoms with van der Waals surface area (Å²) in [7, 11) is 0. The third kappa shape index (κ3) is 1.40. The van der Waals surface area contributed by atoms with Crippen molar-refractivity contribution in [2.24, 2.45) is 5.92 Å². The summed E-state index contributed by atoms with van der Waals surface area (Å²) in [6.45, 7) is 0.854. The van der Waals surface area contributed by atoms with Gasteiger partial charge in [-0.05, 0) is 24.8 Å². The van der Waals surface area contributed by atoms with Gasteiger partial charge in [0.1, 0.15) is 0 Å². The van der Waals surface area contributed by atoms with Crippen molar-refractivity contribution in [1.29, 1.82) is 0 Å². The van der Waals surface area contributed by atoms with E-state index in [9.17, 15) is 4.79 Å². The lowest BCUT2D eigenvalue weighted by Gasteiger charge is -2.25. The largest absolute Gasteiger partial charge is 0.347 e. The minimum atomic E-state index is -0.121. The molecule has 64 valence electrons. The first-order valence-corrected chi connectivity index (χ1v) is 4.38. The van der Waals surface area contributed by atoms with Crippen LogP contribution >= 0.6 is 0 Å². The molecule has 3 nitrogen and oxygen atoms in total. The first-order chi connectivity index (χ1) is 5.86. The van der Waals surface area contributed by atoms with Crippen LogP contribution in [0, 0.1) is 5.92 Å². The Labute approximate surface area is 71.1 Å². The Bertz CT molecular complexity index is 314. The van der Waals surface area contributed by atoms with E-state index in [1.165, 1.54) is 19.3 Å². The van der Waals surface area contributed by atoms with E-state index in [0.29, 0.717) is 5.92 Å². The van der Waals surface area contributed by atoms with Gasteiger partial charge in [-0.15, -0.1) is 0 Å². The summed E-state index contributed by atoms with van der Waals surface area (Å²) in [5.74, 6) is 0.715. The van der Waals surface area contributed by atoms with Crippen molar-refractivity contribution in [2.45, 2.75) is 25.8 Å². The molecule has 1 aliphatic carbocycles. The zero-order chi connectivity index (χ0) is 8.39. The summed E-state index contributed by atoms with van der Waals surface area (Å²) in [4.78, 5) is 14.8. The maximum Gasteiger partial charge on any atom is 0.347 e. The normalized spacial score (nSPS) is 17.3. The van der Waals surface area contributed by atoms with Crippen molar-refractivity contribution in [3.8, 4) is 0 Å². The summed E-state index contributed by atoms with van der Waals surface area (Å²) in [6.07, 6.45) is 7.20. The van der Waals surface area contributed by atoms with Gasteiger partial charge in [0.25, 0.3) is 0 Å². The maximum atomic E-state index is 11.1. The molecule has 3 heteroatoms. The average molecular weight is 164 g/mol. The van der Waals surface area contributed by atoms with Crippen LogP contribution in [-0.4, -0.2) is 9.55 Å². The molecule has 1 aromatic heterocycles. The van der Waals surface area contributed by atoms with Gasteiger partial charge in [0, 0.05) is 18.9 Å². The van der Waals surface area contributed by atoms with E-state index in [4.69, 9.17) is 0 Å². The van der Waals surface area contributed by atoms with Gasteiger partial charge in [0.2, 0.25) is 0 Å². The molecular formula is C9H12N2O. The van der Waals surface area contributed by atoms with Crippen molar-refractivity contribution in [3.63, 3.8) is 0 Å². The van der Waals surface area contributed by atoms with Crippen LogP contribution in [-0.2, 0) is 6.54 Å². The minimum Gasteiger partial charge on any atom is -0.299 e. The second kappa shape index (κ2) is 3.09. The van der Waals surface area contributed by atoms with E-state index in [1.807, 2.05) is 6.20 Å². The van der Waals surface area contributed by atoms with Gasteiger partial charge in [-0.1, -0.05) is 6.42 Å². The molecule has 1 aromatic rings. The standard InChI is InChI=1S/C9H12N2O/c12-9-10-5-2-6-11(9)7-8-3-1-4-8/h2,5-6,8H,1,3-4,7H2. The third-order valence-corrected chi connectivity index (χ3v) is 2.46. The number of aromatic nitrogens is 2. The molecular weight excluding hydrogens is 152 g/mol. The lowest BCUT2D eigenvalue weighted by Crippen LogP contribution is -2.27. The lowest BCUT2D eigenvalue weighted by atomic mass is 9.85. The van der Waals surface area contributed by atoms with Gasteiger partial charge >= 0.3 is 5.69 Å². The molecule has 1 aliphatic rings. The summed E-state index contributed by atoms with van der Waals surface area (Å²) in [5, 5.41) is 0. The highest BCUT2D eigenvalue weighted by molar-refractivity contribution is 4.82. The van der Waals surface area contributed by atoms with Crippen molar-refractivity contribution in [1.82, 2.24) is 9.55 Å². The zero-order valence-corrected chi connectivity index (χ0v) is 6.94. The summed E-state index contributed by atoms with van der Waals surface area (Å²) in [5.41, 5.74) is -0.121. The van der Waals surface area contributed by atoms with Gasteiger partial charge in [-0.2, -0.15) is 0 Å². The van der Waals surface area contributed by atoms with Crippen molar-refractivity contribution in [2.75, 3.05) is 0 Å². The second-order valence-electron chi connectivity index (χ2n) is 3.35. The third-order valence-electron chi connectivity index (χ3n) is 2.46. The van der Waals surface area contributed by atoms with Crippen molar-refractivity contribution < 1.29 is 0 Å². The predicted octanol–water partition coefficient (Wildman–Crippen LogP) is 1.04. The van der Waals surface area contributed by atoms with E-state index in [0.717, 1.165) is 6.54 Å². The first-order valence-electron chi connectivity index (χ1n) is 4.38. The zero-order valence-electron chi connectivity index (χ0n) is 6.94. The first kappa shape index (κ1) is 7.53. The number of rotatable bonds is 2. The molecule has 0 aliphatic heterocycles. The van der Waals surface area contributed by atoms with Gasteiger partial charge in [0.15, 0.2) is 0 Å². The second-order valence-corrected chi connectivity index (χ2v) is 3.35. The Morgan fingerprint density at radius 3 is 3.00 bits per heavy atom. The Balaban J connectivity index is 2.11. The molecule has 0 radical (unpaired) electrons. The van der Waals surface area contributed by atoms with E-state index in [1.54, 1.807) is 16.8 Å². The topological polar surface area (TPSA) is 34.9 Å². The Hall–Kier alpha value is -1.12. The number of hydrogen-bond acceptors (Lipinski definition) is 2. The summed E-state index contributed by atoms with van der Waals surface area (Å²) in [6, 6.07) is 1.81. The van der Waals surface area contributed by atoms with Gasteiger partial charge in [-0.3, -0.25) is 4.57 Å². The van der Waals surface area contributed by atoms with Crippen LogP contribution in [0.1, 0.15) is 19.3 Å². The summed E-state index contributed by atoms with van der Waals surface area (Å²) < 4.78 is 1.70. The highest BCUT2D eigenvalue weighted by Gasteiger charge is 2.17. The fourth-order valence-corrected chi connectivity index (χ4v) is 1.48. The van der Waals surface area contributed by atoms with Crippen LogP contribution in [0.15, 0.2) is 23.3 Å². The fourth-order valence-electron chi connectivity index (χ4n) is 1.48. The Morgan fingerprint density at radius 2 is 2.42 bits per heavy atom. The number of nitrogens with zero attached hydrogens (tertiary/aromatic N) is 2. The highest BCUT2D eigenvalue weighted by Crippen LogP contribution is 2.27. The molecule has 0 saturated heterocycles. The van der Waals surface area contributed by atoms with Crippen LogP contribution in [0.25, 0.3) is 0 Å². The van der Waals surface area contributed by atoms with Gasteiger partial charge < -0.3 is 0 Å². The van der Waals surface area contributed by atoms with Gasteiger partial charge in [0.05, 0.1) is 0 Å². The minimum absolute atomic E-state index is 0.121.